The molecule has 118 valence electrons. The second-order valence-electron chi connectivity index (χ2n) is 4.78. The maximum absolute atomic E-state index is 11.8. The van der Waals surface area contributed by atoms with Gasteiger partial charge in [-0.2, -0.15) is 5.26 Å². The van der Waals surface area contributed by atoms with Gasteiger partial charge in [-0.3, -0.25) is 0 Å². The van der Waals surface area contributed by atoms with Crippen LogP contribution >= 0.6 is 0 Å². The van der Waals surface area contributed by atoms with Crippen molar-refractivity contribution in [2.45, 2.75) is 6.10 Å². The molecule has 0 aliphatic rings. The topological polar surface area (TPSA) is 94.4 Å². The van der Waals surface area contributed by atoms with Crippen LogP contribution in [0.3, 0.4) is 0 Å². The second kappa shape index (κ2) is 7.82. The van der Waals surface area contributed by atoms with Crippen LogP contribution in [0.1, 0.15) is 17.2 Å². The van der Waals surface area contributed by atoms with Gasteiger partial charge in [-0.15, -0.1) is 0 Å². The molecule has 2 rings (SSSR count). The molecule has 0 saturated carbocycles. The van der Waals surface area contributed by atoms with E-state index in [0.717, 1.165) is 0 Å². The largest absolute Gasteiger partial charge is 0.496 e. The fourth-order valence-electron chi connectivity index (χ4n) is 2.04. The molecule has 6 nitrogen and oxygen atoms in total. The van der Waals surface area contributed by atoms with Crippen LogP contribution in [0.2, 0.25) is 0 Å². The van der Waals surface area contributed by atoms with Gasteiger partial charge in [-0.05, 0) is 30.3 Å². The Balaban J connectivity index is 1.89. The fourth-order valence-corrected chi connectivity index (χ4v) is 2.04. The molecule has 0 saturated heterocycles. The van der Waals surface area contributed by atoms with Gasteiger partial charge in [0.25, 0.3) is 0 Å². The Morgan fingerprint density at radius 1 is 1.26 bits per heavy atom. The van der Waals surface area contributed by atoms with Crippen LogP contribution in [0.25, 0.3) is 0 Å². The van der Waals surface area contributed by atoms with Gasteiger partial charge >= 0.3 is 6.03 Å². The highest BCUT2D eigenvalue weighted by molar-refractivity contribution is 5.89. The second-order valence-corrected chi connectivity index (χ2v) is 4.78. The number of urea groups is 1. The molecule has 0 bridgehead atoms. The quantitative estimate of drug-likeness (QED) is 0.790. The van der Waals surface area contributed by atoms with E-state index in [-0.39, 0.29) is 6.54 Å². The number of nitriles is 1. The van der Waals surface area contributed by atoms with Crippen molar-refractivity contribution in [2.24, 2.45) is 0 Å². The van der Waals surface area contributed by atoms with E-state index in [1.807, 2.05) is 6.07 Å². The first-order valence-electron chi connectivity index (χ1n) is 7.00. The molecule has 2 aromatic rings. The summed E-state index contributed by atoms with van der Waals surface area (Å²) in [5, 5.41) is 24.1. The lowest BCUT2D eigenvalue weighted by Crippen LogP contribution is -2.32. The number of ether oxygens (including phenoxy) is 1. The average molecular weight is 311 g/mol. The van der Waals surface area contributed by atoms with E-state index in [9.17, 15) is 9.90 Å². The van der Waals surface area contributed by atoms with E-state index in [2.05, 4.69) is 10.6 Å². The maximum atomic E-state index is 11.8. The van der Waals surface area contributed by atoms with Crippen LogP contribution in [-0.2, 0) is 0 Å². The third-order valence-electron chi connectivity index (χ3n) is 3.23. The highest BCUT2D eigenvalue weighted by Crippen LogP contribution is 2.24. The van der Waals surface area contributed by atoms with Gasteiger partial charge in [0.05, 0.1) is 24.8 Å². The number of nitrogens with one attached hydrogen (secondary N) is 2. The van der Waals surface area contributed by atoms with Crippen molar-refractivity contribution < 1.29 is 14.6 Å². The average Bonchev–Trinajstić information content (AvgIpc) is 2.60. The number of amides is 2. The van der Waals surface area contributed by atoms with E-state index in [4.69, 9.17) is 10.00 Å². The summed E-state index contributed by atoms with van der Waals surface area (Å²) in [5.74, 6) is 0.564. The Morgan fingerprint density at radius 3 is 2.61 bits per heavy atom. The maximum Gasteiger partial charge on any atom is 0.319 e. The van der Waals surface area contributed by atoms with Crippen molar-refractivity contribution in [1.29, 1.82) is 5.26 Å². The molecule has 0 spiro atoms. The van der Waals surface area contributed by atoms with Crippen molar-refractivity contribution in [3.63, 3.8) is 0 Å². The number of aliphatic hydroxyl groups excluding tert-OH is 1. The van der Waals surface area contributed by atoms with Crippen molar-refractivity contribution >= 4 is 11.7 Å². The van der Waals surface area contributed by atoms with Gasteiger partial charge in [-0.25, -0.2) is 4.79 Å². The summed E-state index contributed by atoms with van der Waals surface area (Å²) in [4.78, 5) is 11.8. The van der Waals surface area contributed by atoms with Gasteiger partial charge < -0.3 is 20.5 Å². The van der Waals surface area contributed by atoms with Crippen molar-refractivity contribution in [3.05, 3.63) is 59.7 Å². The summed E-state index contributed by atoms with van der Waals surface area (Å²) in [6.07, 6.45) is -0.877. The van der Waals surface area contributed by atoms with Gasteiger partial charge in [-0.1, -0.05) is 18.2 Å². The first kappa shape index (κ1) is 16.3. The summed E-state index contributed by atoms with van der Waals surface area (Å²) in [5.41, 5.74) is 1.68. The molecule has 2 amide bonds. The molecular formula is C17H17N3O3. The number of hydrogen-bond donors (Lipinski definition) is 3. The molecule has 23 heavy (non-hydrogen) atoms. The summed E-state index contributed by atoms with van der Waals surface area (Å²) in [6.45, 7) is 0.0441. The van der Waals surface area contributed by atoms with Gasteiger partial charge in [0, 0.05) is 17.8 Å². The monoisotopic (exact) mass is 311 g/mol. The number of hydrogen-bond acceptors (Lipinski definition) is 4. The molecule has 3 N–H and O–H groups in total. The molecule has 0 aromatic heterocycles. The summed E-state index contributed by atoms with van der Waals surface area (Å²) >= 11 is 0. The summed E-state index contributed by atoms with van der Waals surface area (Å²) in [6, 6.07) is 15.1. The van der Waals surface area contributed by atoms with Crippen LogP contribution in [-0.4, -0.2) is 24.8 Å². The Morgan fingerprint density at radius 2 is 1.96 bits per heavy atom. The standard InChI is InChI=1S/C17H17N3O3/c1-23-16-5-3-2-4-14(16)15(21)11-19-17(22)20-13-8-6-12(10-18)7-9-13/h2-9,15,21H,11H2,1H3,(H2,19,20,22)/t15-/m1/s1. The molecule has 0 aliphatic heterocycles. The number of benzene rings is 2. The number of rotatable bonds is 5. The Bertz CT molecular complexity index is 708. The number of carbonyl (C=O) groups is 1. The van der Waals surface area contributed by atoms with Crippen molar-refractivity contribution in [1.82, 2.24) is 5.32 Å². The molecule has 0 aliphatic carbocycles. The van der Waals surface area contributed by atoms with E-state index in [1.54, 1.807) is 48.5 Å². The lowest BCUT2D eigenvalue weighted by molar-refractivity contribution is 0.171. The van der Waals surface area contributed by atoms with Crippen molar-refractivity contribution in [2.75, 3.05) is 19.0 Å². The molecule has 1 atom stereocenters. The number of nitrogens with zero attached hydrogens (tertiary/aromatic N) is 1. The normalized spacial score (nSPS) is 11.2. The number of methoxy groups -OCH3 is 1. The minimum Gasteiger partial charge on any atom is -0.496 e. The Kier molecular flexibility index (Phi) is 5.56. The summed E-state index contributed by atoms with van der Waals surface area (Å²) < 4.78 is 5.18. The van der Waals surface area contributed by atoms with Crippen LogP contribution in [0.4, 0.5) is 10.5 Å². The smallest absolute Gasteiger partial charge is 0.319 e. The zero-order valence-corrected chi connectivity index (χ0v) is 12.6. The molecule has 6 heteroatoms. The minimum atomic E-state index is -0.877. The zero-order valence-electron chi connectivity index (χ0n) is 12.6. The highest BCUT2D eigenvalue weighted by Gasteiger charge is 2.13. The molecule has 0 radical (unpaired) electrons. The number of carbonyl (C=O) groups excluding carboxylic acids is 1. The summed E-state index contributed by atoms with van der Waals surface area (Å²) in [7, 11) is 1.52. The third kappa shape index (κ3) is 4.46. The van der Waals surface area contributed by atoms with E-state index in [0.29, 0.717) is 22.6 Å². The predicted molar refractivity (Wildman–Crippen MR) is 86.1 cm³/mol. The van der Waals surface area contributed by atoms with E-state index in [1.165, 1.54) is 7.11 Å². The zero-order chi connectivity index (χ0) is 16.7. The van der Waals surface area contributed by atoms with E-state index < -0.39 is 12.1 Å². The highest BCUT2D eigenvalue weighted by atomic mass is 16.5. The number of para-hydroxylation sites is 1. The lowest BCUT2D eigenvalue weighted by atomic mass is 10.1. The van der Waals surface area contributed by atoms with Crippen LogP contribution < -0.4 is 15.4 Å². The number of anilines is 1. The van der Waals surface area contributed by atoms with Crippen LogP contribution in [0, 0.1) is 11.3 Å². The first-order valence-corrected chi connectivity index (χ1v) is 7.00. The van der Waals surface area contributed by atoms with Crippen molar-refractivity contribution in [3.8, 4) is 11.8 Å². The van der Waals surface area contributed by atoms with Gasteiger partial charge in [0.15, 0.2) is 0 Å². The van der Waals surface area contributed by atoms with E-state index >= 15 is 0 Å². The Hall–Kier alpha value is -3.04. The molecule has 2 aromatic carbocycles. The van der Waals surface area contributed by atoms with Gasteiger partial charge in [0.1, 0.15) is 5.75 Å². The molecular weight excluding hydrogens is 294 g/mol. The first-order chi connectivity index (χ1) is 11.1. The fraction of sp³-hybridized carbons (Fsp3) is 0.176. The SMILES string of the molecule is COc1ccccc1[C@H](O)CNC(=O)Nc1ccc(C#N)cc1. The molecule has 0 fully saturated rings. The molecule has 0 heterocycles. The third-order valence-corrected chi connectivity index (χ3v) is 3.23. The minimum absolute atomic E-state index is 0.0441. The predicted octanol–water partition coefficient (Wildman–Crippen LogP) is 2.42. The lowest BCUT2D eigenvalue weighted by Gasteiger charge is -2.15. The van der Waals surface area contributed by atoms with Gasteiger partial charge in [0.2, 0.25) is 0 Å². The van der Waals surface area contributed by atoms with Crippen LogP contribution in [0.15, 0.2) is 48.5 Å². The number of aliphatic hydroxyl groups is 1. The molecule has 0 unspecified atom stereocenters. The van der Waals surface area contributed by atoms with Crippen LogP contribution in [0.5, 0.6) is 5.75 Å². The Labute approximate surface area is 134 Å².